The molecular formula is C11H12BrF2N. The molecule has 1 atom stereocenters. The van der Waals surface area contributed by atoms with Gasteiger partial charge in [-0.1, -0.05) is 6.42 Å². The van der Waals surface area contributed by atoms with Gasteiger partial charge < -0.3 is 5.32 Å². The Morgan fingerprint density at radius 2 is 1.87 bits per heavy atom. The monoisotopic (exact) mass is 275 g/mol. The zero-order valence-corrected chi connectivity index (χ0v) is 9.78. The third kappa shape index (κ3) is 2.37. The molecule has 1 nitrogen and oxygen atoms in total. The van der Waals surface area contributed by atoms with E-state index < -0.39 is 11.6 Å². The van der Waals surface area contributed by atoms with Crippen molar-refractivity contribution >= 4 is 15.9 Å². The molecule has 1 aromatic carbocycles. The lowest BCUT2D eigenvalue weighted by Gasteiger charge is -2.24. The number of benzene rings is 1. The highest BCUT2D eigenvalue weighted by molar-refractivity contribution is 9.10. The Balaban J connectivity index is 2.27. The van der Waals surface area contributed by atoms with Crippen molar-refractivity contribution in [3.63, 3.8) is 0 Å². The molecule has 1 aromatic rings. The van der Waals surface area contributed by atoms with E-state index in [0.717, 1.165) is 25.8 Å². The first kappa shape index (κ1) is 11.0. The summed E-state index contributed by atoms with van der Waals surface area (Å²) in [5, 5.41) is 3.26. The largest absolute Gasteiger partial charge is 0.310 e. The summed E-state index contributed by atoms with van der Waals surface area (Å²) >= 11 is 2.87. The molecule has 1 heterocycles. The van der Waals surface area contributed by atoms with Gasteiger partial charge in [-0.05, 0) is 53.0 Å². The van der Waals surface area contributed by atoms with Gasteiger partial charge in [-0.15, -0.1) is 0 Å². The van der Waals surface area contributed by atoms with Crippen LogP contribution in [0.2, 0.25) is 0 Å². The van der Waals surface area contributed by atoms with Gasteiger partial charge in [0.1, 0.15) is 11.6 Å². The third-order valence-electron chi connectivity index (χ3n) is 2.72. The van der Waals surface area contributed by atoms with E-state index in [0.29, 0.717) is 5.56 Å². The molecule has 0 aromatic heterocycles. The molecule has 1 saturated heterocycles. The van der Waals surface area contributed by atoms with E-state index in [-0.39, 0.29) is 10.5 Å². The van der Waals surface area contributed by atoms with E-state index in [1.807, 2.05) is 0 Å². The van der Waals surface area contributed by atoms with Gasteiger partial charge >= 0.3 is 0 Å². The Morgan fingerprint density at radius 1 is 1.20 bits per heavy atom. The van der Waals surface area contributed by atoms with Crippen molar-refractivity contribution < 1.29 is 8.78 Å². The number of hydrogen-bond donors (Lipinski definition) is 1. The van der Waals surface area contributed by atoms with Crippen LogP contribution in [0, 0.1) is 11.6 Å². The lowest BCUT2D eigenvalue weighted by Crippen LogP contribution is -2.26. The molecule has 0 saturated carbocycles. The molecule has 82 valence electrons. The predicted octanol–water partition coefficient (Wildman–Crippen LogP) is 3.54. The average Bonchev–Trinajstić information content (AvgIpc) is 2.26. The summed E-state index contributed by atoms with van der Waals surface area (Å²) in [6.45, 7) is 0.921. The van der Waals surface area contributed by atoms with Crippen molar-refractivity contribution in [2.75, 3.05) is 6.54 Å². The first-order chi connectivity index (χ1) is 7.18. The van der Waals surface area contributed by atoms with Crippen molar-refractivity contribution in [2.24, 2.45) is 0 Å². The van der Waals surface area contributed by atoms with Crippen LogP contribution in [-0.2, 0) is 0 Å². The topological polar surface area (TPSA) is 12.0 Å². The minimum Gasteiger partial charge on any atom is -0.310 e. The van der Waals surface area contributed by atoms with Crippen molar-refractivity contribution in [3.8, 4) is 0 Å². The second-order valence-corrected chi connectivity index (χ2v) is 4.59. The SMILES string of the molecule is Fc1cc(C2CCCCN2)cc(F)c1Br. The van der Waals surface area contributed by atoms with Crippen LogP contribution >= 0.6 is 15.9 Å². The Bertz CT molecular complexity index is 339. The highest BCUT2D eigenvalue weighted by atomic mass is 79.9. The normalized spacial score (nSPS) is 21.7. The van der Waals surface area contributed by atoms with Crippen LogP contribution < -0.4 is 5.32 Å². The minimum absolute atomic E-state index is 0.0814. The van der Waals surface area contributed by atoms with Crippen molar-refractivity contribution in [3.05, 3.63) is 33.8 Å². The quantitative estimate of drug-likeness (QED) is 0.773. The van der Waals surface area contributed by atoms with Gasteiger partial charge in [-0.2, -0.15) is 0 Å². The standard InChI is InChI=1S/C11H12BrF2N/c12-11-8(13)5-7(6-9(11)14)10-3-1-2-4-15-10/h5-6,10,15H,1-4H2. The number of piperidine rings is 1. The molecule has 4 heteroatoms. The van der Waals surface area contributed by atoms with Crippen LogP contribution in [-0.4, -0.2) is 6.54 Å². The second-order valence-electron chi connectivity index (χ2n) is 3.80. The van der Waals surface area contributed by atoms with E-state index in [9.17, 15) is 8.78 Å². The van der Waals surface area contributed by atoms with Gasteiger partial charge in [0, 0.05) is 6.04 Å². The molecule has 0 aliphatic carbocycles. The number of rotatable bonds is 1. The molecule has 0 spiro atoms. The second kappa shape index (κ2) is 4.58. The molecule has 1 aliphatic heterocycles. The molecule has 1 unspecified atom stereocenters. The number of nitrogens with one attached hydrogen (secondary N) is 1. The smallest absolute Gasteiger partial charge is 0.140 e. The first-order valence-electron chi connectivity index (χ1n) is 5.06. The fraction of sp³-hybridized carbons (Fsp3) is 0.455. The highest BCUT2D eigenvalue weighted by Crippen LogP contribution is 2.28. The maximum atomic E-state index is 13.3. The molecule has 0 bridgehead atoms. The fourth-order valence-corrected chi connectivity index (χ4v) is 2.14. The molecule has 1 aliphatic rings. The first-order valence-corrected chi connectivity index (χ1v) is 5.85. The van der Waals surface area contributed by atoms with Gasteiger partial charge in [-0.25, -0.2) is 8.78 Å². The predicted molar refractivity (Wildman–Crippen MR) is 58.7 cm³/mol. The average molecular weight is 276 g/mol. The van der Waals surface area contributed by atoms with Crippen molar-refractivity contribution in [1.29, 1.82) is 0 Å². The Kier molecular flexibility index (Phi) is 3.36. The lowest BCUT2D eigenvalue weighted by molar-refractivity contribution is 0.408. The molecule has 15 heavy (non-hydrogen) atoms. The van der Waals surface area contributed by atoms with Gasteiger partial charge in [-0.3, -0.25) is 0 Å². The van der Waals surface area contributed by atoms with Crippen LogP contribution in [0.5, 0.6) is 0 Å². The van der Waals surface area contributed by atoms with Gasteiger partial charge in [0.05, 0.1) is 4.47 Å². The maximum Gasteiger partial charge on any atom is 0.140 e. The molecule has 0 amide bonds. The van der Waals surface area contributed by atoms with Gasteiger partial charge in [0.25, 0.3) is 0 Å². The number of hydrogen-bond acceptors (Lipinski definition) is 1. The molecule has 0 radical (unpaired) electrons. The Hall–Kier alpha value is -0.480. The summed E-state index contributed by atoms with van der Waals surface area (Å²) in [5.74, 6) is -1.06. The maximum absolute atomic E-state index is 13.3. The highest BCUT2D eigenvalue weighted by Gasteiger charge is 2.17. The Morgan fingerprint density at radius 3 is 2.40 bits per heavy atom. The summed E-state index contributed by atoms with van der Waals surface area (Å²) in [6, 6.07) is 2.89. The van der Waals surface area contributed by atoms with E-state index in [2.05, 4.69) is 21.2 Å². The molecule has 1 N–H and O–H groups in total. The fourth-order valence-electron chi connectivity index (χ4n) is 1.91. The lowest BCUT2D eigenvalue weighted by atomic mass is 9.97. The van der Waals surface area contributed by atoms with Crippen LogP contribution in [0.25, 0.3) is 0 Å². The summed E-state index contributed by atoms with van der Waals surface area (Å²) < 4.78 is 26.5. The van der Waals surface area contributed by atoms with E-state index in [4.69, 9.17) is 0 Å². The summed E-state index contributed by atoms with van der Waals surface area (Å²) in [6.07, 6.45) is 3.19. The molecular weight excluding hydrogens is 264 g/mol. The van der Waals surface area contributed by atoms with E-state index in [1.165, 1.54) is 12.1 Å². The zero-order chi connectivity index (χ0) is 10.8. The number of halogens is 3. The van der Waals surface area contributed by atoms with E-state index in [1.54, 1.807) is 0 Å². The van der Waals surface area contributed by atoms with Crippen LogP contribution in [0.3, 0.4) is 0 Å². The van der Waals surface area contributed by atoms with Gasteiger partial charge in [0.15, 0.2) is 0 Å². The van der Waals surface area contributed by atoms with Crippen molar-refractivity contribution in [1.82, 2.24) is 5.32 Å². The van der Waals surface area contributed by atoms with Gasteiger partial charge in [0.2, 0.25) is 0 Å². The zero-order valence-electron chi connectivity index (χ0n) is 8.19. The summed E-state index contributed by atoms with van der Waals surface area (Å²) in [7, 11) is 0. The molecule has 2 rings (SSSR count). The minimum atomic E-state index is -0.530. The Labute approximate surface area is 96.0 Å². The van der Waals surface area contributed by atoms with Crippen LogP contribution in [0.4, 0.5) is 8.78 Å². The van der Waals surface area contributed by atoms with E-state index >= 15 is 0 Å². The third-order valence-corrected chi connectivity index (χ3v) is 3.48. The summed E-state index contributed by atoms with van der Waals surface area (Å²) in [4.78, 5) is 0. The van der Waals surface area contributed by atoms with Crippen molar-refractivity contribution in [2.45, 2.75) is 25.3 Å². The summed E-state index contributed by atoms with van der Waals surface area (Å²) in [5.41, 5.74) is 0.702. The van der Waals surface area contributed by atoms with Crippen LogP contribution in [0.15, 0.2) is 16.6 Å². The molecule has 1 fully saturated rings. The van der Waals surface area contributed by atoms with Crippen LogP contribution in [0.1, 0.15) is 30.9 Å².